The van der Waals surface area contributed by atoms with Gasteiger partial charge in [-0.15, -0.1) is 0 Å². The number of rotatable bonds is 2. The molecule has 18 heavy (non-hydrogen) atoms. The Hall–Kier alpha value is -2.16. The third-order valence-electron chi connectivity index (χ3n) is 2.89. The van der Waals surface area contributed by atoms with Gasteiger partial charge in [0.2, 0.25) is 0 Å². The van der Waals surface area contributed by atoms with Crippen LogP contribution < -0.4 is 5.73 Å². The average Bonchev–Trinajstić information content (AvgIpc) is 2.34. The van der Waals surface area contributed by atoms with Crippen LogP contribution in [0.4, 0.5) is 17.1 Å². The van der Waals surface area contributed by atoms with Crippen molar-refractivity contribution in [1.82, 2.24) is 0 Å². The van der Waals surface area contributed by atoms with Gasteiger partial charge in [-0.3, -0.25) is 0 Å². The highest BCUT2D eigenvalue weighted by molar-refractivity contribution is 5.54. The number of azo groups is 1. The fraction of sp³-hybridized carbons (Fsp3) is 0.200. The standard InChI is InChI=1S/C15H17N3/c1-10-4-5-11(2)15(8-10)18-17-13-6-7-14(16)12(3)9-13/h4-9H,16H2,1-3H3/b18-17+. The number of benzene rings is 2. The molecule has 0 radical (unpaired) electrons. The molecule has 0 unspecified atom stereocenters. The first-order chi connectivity index (χ1) is 8.56. The first kappa shape index (κ1) is 12.3. The summed E-state index contributed by atoms with van der Waals surface area (Å²) in [5.74, 6) is 0. The largest absolute Gasteiger partial charge is 0.399 e. The highest BCUT2D eigenvalue weighted by Crippen LogP contribution is 2.24. The van der Waals surface area contributed by atoms with Crippen LogP contribution in [0.3, 0.4) is 0 Å². The van der Waals surface area contributed by atoms with Crippen molar-refractivity contribution in [3.8, 4) is 0 Å². The van der Waals surface area contributed by atoms with E-state index in [4.69, 9.17) is 5.73 Å². The van der Waals surface area contributed by atoms with E-state index < -0.39 is 0 Å². The zero-order valence-electron chi connectivity index (χ0n) is 10.9. The van der Waals surface area contributed by atoms with Gasteiger partial charge in [-0.05, 0) is 61.7 Å². The second-order valence-corrected chi connectivity index (χ2v) is 4.53. The van der Waals surface area contributed by atoms with Gasteiger partial charge < -0.3 is 5.73 Å². The molecule has 0 bridgehead atoms. The molecule has 0 saturated carbocycles. The van der Waals surface area contributed by atoms with Crippen LogP contribution in [0.5, 0.6) is 0 Å². The zero-order chi connectivity index (χ0) is 13.1. The van der Waals surface area contributed by atoms with Gasteiger partial charge in [0, 0.05) is 5.69 Å². The maximum atomic E-state index is 5.77. The third-order valence-corrected chi connectivity index (χ3v) is 2.89. The monoisotopic (exact) mass is 239 g/mol. The molecular weight excluding hydrogens is 222 g/mol. The van der Waals surface area contributed by atoms with Crippen molar-refractivity contribution in [1.29, 1.82) is 0 Å². The number of anilines is 1. The normalized spacial score (nSPS) is 11.1. The van der Waals surface area contributed by atoms with Gasteiger partial charge in [0.1, 0.15) is 0 Å². The van der Waals surface area contributed by atoms with Crippen molar-refractivity contribution in [3.63, 3.8) is 0 Å². The van der Waals surface area contributed by atoms with Crippen LogP contribution in [-0.2, 0) is 0 Å². The molecule has 0 amide bonds. The molecule has 0 fully saturated rings. The van der Waals surface area contributed by atoms with Crippen molar-refractivity contribution in [2.75, 3.05) is 5.73 Å². The van der Waals surface area contributed by atoms with Gasteiger partial charge in [-0.1, -0.05) is 12.1 Å². The van der Waals surface area contributed by atoms with Crippen molar-refractivity contribution in [2.45, 2.75) is 20.8 Å². The molecule has 2 aromatic rings. The van der Waals surface area contributed by atoms with E-state index in [1.165, 1.54) is 5.56 Å². The lowest BCUT2D eigenvalue weighted by Gasteiger charge is -2.02. The summed E-state index contributed by atoms with van der Waals surface area (Å²) in [6, 6.07) is 11.8. The smallest absolute Gasteiger partial charge is 0.0888 e. The van der Waals surface area contributed by atoms with Crippen molar-refractivity contribution >= 4 is 17.1 Å². The summed E-state index contributed by atoms with van der Waals surface area (Å²) in [4.78, 5) is 0. The second kappa shape index (κ2) is 5.00. The summed E-state index contributed by atoms with van der Waals surface area (Å²) in [6.45, 7) is 6.04. The minimum atomic E-state index is 0.778. The first-order valence-corrected chi connectivity index (χ1v) is 5.91. The Morgan fingerprint density at radius 2 is 1.61 bits per heavy atom. The number of aryl methyl sites for hydroxylation is 3. The topological polar surface area (TPSA) is 50.7 Å². The van der Waals surface area contributed by atoms with Gasteiger partial charge in [-0.25, -0.2) is 0 Å². The number of hydrogen-bond acceptors (Lipinski definition) is 3. The van der Waals surface area contributed by atoms with E-state index in [-0.39, 0.29) is 0 Å². The summed E-state index contributed by atoms with van der Waals surface area (Å²) < 4.78 is 0. The Morgan fingerprint density at radius 1 is 0.833 bits per heavy atom. The van der Waals surface area contributed by atoms with Gasteiger partial charge in [-0.2, -0.15) is 10.2 Å². The molecule has 0 aliphatic carbocycles. The molecule has 0 spiro atoms. The molecule has 2 rings (SSSR count). The minimum absolute atomic E-state index is 0.778. The Bertz CT molecular complexity index is 601. The number of nitrogens with two attached hydrogens (primary N) is 1. The third kappa shape index (κ3) is 2.74. The quantitative estimate of drug-likeness (QED) is 0.603. The van der Waals surface area contributed by atoms with Crippen molar-refractivity contribution in [2.24, 2.45) is 10.2 Å². The van der Waals surface area contributed by atoms with E-state index in [2.05, 4.69) is 22.4 Å². The maximum absolute atomic E-state index is 5.77. The van der Waals surface area contributed by atoms with Crippen LogP contribution in [0.1, 0.15) is 16.7 Å². The predicted molar refractivity (Wildman–Crippen MR) is 75.7 cm³/mol. The molecule has 2 N–H and O–H groups in total. The molecule has 0 atom stereocenters. The lowest BCUT2D eigenvalue weighted by Crippen LogP contribution is -1.87. The minimum Gasteiger partial charge on any atom is -0.399 e. The average molecular weight is 239 g/mol. The van der Waals surface area contributed by atoms with Crippen molar-refractivity contribution < 1.29 is 0 Å². The molecule has 0 aromatic heterocycles. The summed E-state index contributed by atoms with van der Waals surface area (Å²) >= 11 is 0. The Balaban J connectivity index is 2.29. The fourth-order valence-corrected chi connectivity index (χ4v) is 1.66. The highest BCUT2D eigenvalue weighted by Gasteiger charge is 1.98. The number of hydrogen-bond donors (Lipinski definition) is 1. The van der Waals surface area contributed by atoms with Gasteiger partial charge in [0.15, 0.2) is 0 Å². The Kier molecular flexibility index (Phi) is 3.42. The highest BCUT2D eigenvalue weighted by atomic mass is 15.1. The van der Waals surface area contributed by atoms with Crippen LogP contribution in [-0.4, -0.2) is 0 Å². The van der Waals surface area contributed by atoms with Crippen LogP contribution in [0, 0.1) is 20.8 Å². The maximum Gasteiger partial charge on any atom is 0.0888 e. The number of nitrogen functional groups attached to an aromatic ring is 1. The first-order valence-electron chi connectivity index (χ1n) is 5.91. The Morgan fingerprint density at radius 3 is 2.33 bits per heavy atom. The van der Waals surface area contributed by atoms with E-state index in [0.717, 1.165) is 28.2 Å². The summed E-state index contributed by atoms with van der Waals surface area (Å²) in [5, 5.41) is 8.54. The molecule has 0 heterocycles. The molecule has 0 saturated heterocycles. The summed E-state index contributed by atoms with van der Waals surface area (Å²) in [7, 11) is 0. The molecule has 0 aliphatic rings. The molecule has 2 aromatic carbocycles. The van der Waals surface area contributed by atoms with Crippen LogP contribution >= 0.6 is 0 Å². The zero-order valence-corrected chi connectivity index (χ0v) is 10.9. The molecule has 3 nitrogen and oxygen atoms in total. The van der Waals surface area contributed by atoms with Crippen molar-refractivity contribution in [3.05, 3.63) is 53.1 Å². The van der Waals surface area contributed by atoms with Gasteiger partial charge in [0.05, 0.1) is 11.4 Å². The van der Waals surface area contributed by atoms with Gasteiger partial charge in [0.25, 0.3) is 0 Å². The summed E-state index contributed by atoms with van der Waals surface area (Å²) in [6.07, 6.45) is 0. The lowest BCUT2D eigenvalue weighted by atomic mass is 10.1. The van der Waals surface area contributed by atoms with E-state index in [1.807, 2.05) is 45.0 Å². The van der Waals surface area contributed by atoms with Gasteiger partial charge >= 0.3 is 0 Å². The molecular formula is C15H17N3. The van der Waals surface area contributed by atoms with Crippen LogP contribution in [0.2, 0.25) is 0 Å². The second-order valence-electron chi connectivity index (χ2n) is 4.53. The summed E-state index contributed by atoms with van der Waals surface area (Å²) in [5.41, 5.74) is 11.6. The fourth-order valence-electron chi connectivity index (χ4n) is 1.66. The van der Waals surface area contributed by atoms with E-state index in [1.54, 1.807) is 0 Å². The van der Waals surface area contributed by atoms with E-state index in [0.29, 0.717) is 0 Å². The van der Waals surface area contributed by atoms with Crippen LogP contribution in [0.15, 0.2) is 46.6 Å². The molecule has 0 aliphatic heterocycles. The number of nitrogens with zero attached hydrogens (tertiary/aromatic N) is 2. The SMILES string of the molecule is Cc1ccc(C)c(/N=N/c2ccc(N)c(C)c2)c1. The predicted octanol–water partition coefficient (Wildman–Crippen LogP) is 4.61. The van der Waals surface area contributed by atoms with E-state index >= 15 is 0 Å². The Labute approximate surface area is 107 Å². The lowest BCUT2D eigenvalue weighted by molar-refractivity contribution is 1.20. The molecule has 92 valence electrons. The van der Waals surface area contributed by atoms with Crippen LogP contribution in [0.25, 0.3) is 0 Å². The molecule has 3 heteroatoms. The van der Waals surface area contributed by atoms with E-state index in [9.17, 15) is 0 Å².